The first-order chi connectivity index (χ1) is 10.3. The SMILES string of the molecule is CCc1cc2c(NCCCn3cccn3)nc(Cl)nc2s1. The van der Waals surface area contributed by atoms with Crippen molar-refractivity contribution in [2.75, 3.05) is 11.9 Å². The molecule has 0 radical (unpaired) electrons. The molecule has 0 aliphatic rings. The van der Waals surface area contributed by atoms with Crippen molar-refractivity contribution < 1.29 is 0 Å². The molecular weight excluding hydrogens is 306 g/mol. The van der Waals surface area contributed by atoms with Crippen molar-refractivity contribution in [3.05, 3.63) is 34.7 Å². The lowest BCUT2D eigenvalue weighted by Gasteiger charge is -2.07. The topological polar surface area (TPSA) is 55.6 Å². The third kappa shape index (κ3) is 3.33. The highest BCUT2D eigenvalue weighted by Gasteiger charge is 2.10. The minimum atomic E-state index is 0.293. The minimum absolute atomic E-state index is 0.293. The Bertz CT molecular complexity index is 722. The van der Waals surface area contributed by atoms with Crippen molar-refractivity contribution in [1.82, 2.24) is 19.7 Å². The number of hydrogen-bond acceptors (Lipinski definition) is 5. The molecule has 0 atom stereocenters. The molecule has 0 aliphatic heterocycles. The van der Waals surface area contributed by atoms with Crippen LogP contribution in [0.5, 0.6) is 0 Å². The van der Waals surface area contributed by atoms with Crippen LogP contribution in [0.15, 0.2) is 24.5 Å². The monoisotopic (exact) mass is 321 g/mol. The van der Waals surface area contributed by atoms with Crippen molar-refractivity contribution in [3.63, 3.8) is 0 Å². The van der Waals surface area contributed by atoms with Gasteiger partial charge >= 0.3 is 0 Å². The lowest BCUT2D eigenvalue weighted by Crippen LogP contribution is -2.08. The number of halogens is 1. The van der Waals surface area contributed by atoms with Gasteiger partial charge in [-0.2, -0.15) is 5.10 Å². The molecule has 21 heavy (non-hydrogen) atoms. The molecule has 0 spiro atoms. The quantitative estimate of drug-likeness (QED) is 0.556. The first-order valence-electron chi connectivity index (χ1n) is 6.93. The molecule has 0 fully saturated rings. The normalized spacial score (nSPS) is 11.1. The molecule has 0 bridgehead atoms. The maximum Gasteiger partial charge on any atom is 0.225 e. The van der Waals surface area contributed by atoms with Crippen LogP contribution < -0.4 is 5.32 Å². The molecule has 3 rings (SSSR count). The summed E-state index contributed by atoms with van der Waals surface area (Å²) in [5.74, 6) is 0.821. The van der Waals surface area contributed by atoms with E-state index in [-0.39, 0.29) is 0 Å². The van der Waals surface area contributed by atoms with Gasteiger partial charge in [-0.05, 0) is 36.6 Å². The third-order valence-electron chi connectivity index (χ3n) is 3.18. The zero-order chi connectivity index (χ0) is 14.7. The van der Waals surface area contributed by atoms with Gasteiger partial charge in [-0.3, -0.25) is 4.68 Å². The number of hydrogen-bond donors (Lipinski definition) is 1. The predicted octanol–water partition coefficient (Wildman–Crippen LogP) is 3.61. The van der Waals surface area contributed by atoms with Crippen molar-refractivity contribution >= 4 is 39.0 Å². The fourth-order valence-corrected chi connectivity index (χ4v) is 3.32. The van der Waals surface area contributed by atoms with E-state index in [4.69, 9.17) is 11.6 Å². The van der Waals surface area contributed by atoms with Gasteiger partial charge in [0.1, 0.15) is 10.6 Å². The maximum atomic E-state index is 6.00. The van der Waals surface area contributed by atoms with E-state index < -0.39 is 0 Å². The molecule has 0 amide bonds. The van der Waals surface area contributed by atoms with E-state index in [2.05, 4.69) is 33.4 Å². The number of nitrogens with zero attached hydrogens (tertiary/aromatic N) is 4. The summed E-state index contributed by atoms with van der Waals surface area (Å²) in [6, 6.07) is 4.07. The van der Waals surface area contributed by atoms with Gasteiger partial charge in [-0.1, -0.05) is 6.92 Å². The van der Waals surface area contributed by atoms with Crippen LogP contribution in [0.4, 0.5) is 5.82 Å². The summed E-state index contributed by atoms with van der Waals surface area (Å²) in [6.45, 7) is 3.84. The zero-order valence-corrected chi connectivity index (χ0v) is 13.3. The first kappa shape index (κ1) is 14.3. The average molecular weight is 322 g/mol. The molecule has 1 N–H and O–H groups in total. The number of aryl methyl sites for hydroxylation is 2. The van der Waals surface area contributed by atoms with E-state index in [1.807, 2.05) is 16.9 Å². The summed E-state index contributed by atoms with van der Waals surface area (Å²) in [5.41, 5.74) is 0. The Morgan fingerprint density at radius 2 is 2.29 bits per heavy atom. The molecule has 7 heteroatoms. The minimum Gasteiger partial charge on any atom is -0.369 e. The Balaban J connectivity index is 1.69. The Morgan fingerprint density at radius 3 is 3.05 bits per heavy atom. The molecule has 110 valence electrons. The number of nitrogens with one attached hydrogen (secondary N) is 1. The van der Waals surface area contributed by atoms with Crippen LogP contribution in [-0.2, 0) is 13.0 Å². The Kier molecular flexibility index (Phi) is 4.36. The van der Waals surface area contributed by atoms with Gasteiger partial charge < -0.3 is 5.32 Å². The van der Waals surface area contributed by atoms with E-state index in [1.165, 1.54) is 4.88 Å². The van der Waals surface area contributed by atoms with Crippen LogP contribution >= 0.6 is 22.9 Å². The highest BCUT2D eigenvalue weighted by molar-refractivity contribution is 7.18. The molecule has 0 aliphatic carbocycles. The molecular formula is C14H16ClN5S. The summed E-state index contributed by atoms with van der Waals surface area (Å²) in [5, 5.41) is 8.89. The van der Waals surface area contributed by atoms with Crippen molar-refractivity contribution in [3.8, 4) is 0 Å². The molecule has 0 unspecified atom stereocenters. The molecule has 0 saturated carbocycles. The smallest absolute Gasteiger partial charge is 0.225 e. The highest BCUT2D eigenvalue weighted by atomic mass is 35.5. The number of anilines is 1. The Labute approximate surface area is 132 Å². The first-order valence-corrected chi connectivity index (χ1v) is 8.13. The number of fused-ring (bicyclic) bond motifs is 1. The van der Waals surface area contributed by atoms with E-state index in [0.29, 0.717) is 5.28 Å². The van der Waals surface area contributed by atoms with E-state index >= 15 is 0 Å². The zero-order valence-electron chi connectivity index (χ0n) is 11.7. The standard InChI is InChI=1S/C14H16ClN5S/c1-2-10-9-11-12(18-14(15)19-13(11)21-10)16-5-3-7-20-8-4-6-17-20/h4,6,8-9H,2-3,5,7H2,1H3,(H,16,18,19). The number of aromatic nitrogens is 4. The van der Waals surface area contributed by atoms with Crippen LogP contribution in [-0.4, -0.2) is 26.3 Å². The lowest BCUT2D eigenvalue weighted by molar-refractivity contribution is 0.591. The second kappa shape index (κ2) is 6.41. The molecule has 3 aromatic rings. The van der Waals surface area contributed by atoms with Crippen molar-refractivity contribution in [1.29, 1.82) is 0 Å². The van der Waals surface area contributed by atoms with Crippen molar-refractivity contribution in [2.45, 2.75) is 26.3 Å². The van der Waals surface area contributed by atoms with Crippen molar-refractivity contribution in [2.24, 2.45) is 0 Å². The number of rotatable bonds is 6. The summed E-state index contributed by atoms with van der Waals surface area (Å²) < 4.78 is 1.92. The number of thiophene rings is 1. The van der Waals surface area contributed by atoms with Gasteiger partial charge in [-0.25, -0.2) is 9.97 Å². The molecule has 0 saturated heterocycles. The fourth-order valence-electron chi connectivity index (χ4n) is 2.13. The molecule has 5 nitrogen and oxygen atoms in total. The van der Waals surface area contributed by atoms with Gasteiger partial charge in [0, 0.05) is 30.4 Å². The molecule has 3 aromatic heterocycles. The third-order valence-corrected chi connectivity index (χ3v) is 4.52. The lowest BCUT2D eigenvalue weighted by atomic mass is 10.3. The summed E-state index contributed by atoms with van der Waals surface area (Å²) >= 11 is 7.67. The van der Waals surface area contributed by atoms with Gasteiger partial charge in [0.05, 0.1) is 5.39 Å². The summed E-state index contributed by atoms with van der Waals surface area (Å²) in [4.78, 5) is 10.8. The van der Waals surface area contributed by atoms with Gasteiger partial charge in [0.15, 0.2) is 0 Å². The van der Waals surface area contributed by atoms with E-state index in [1.54, 1.807) is 17.5 Å². The average Bonchev–Trinajstić information content (AvgIpc) is 3.11. The van der Waals surface area contributed by atoms with Gasteiger partial charge in [0.25, 0.3) is 0 Å². The molecule has 3 heterocycles. The highest BCUT2D eigenvalue weighted by Crippen LogP contribution is 2.30. The summed E-state index contributed by atoms with van der Waals surface area (Å²) in [6.07, 6.45) is 5.72. The van der Waals surface area contributed by atoms with E-state index in [9.17, 15) is 0 Å². The Hall–Kier alpha value is -1.66. The summed E-state index contributed by atoms with van der Waals surface area (Å²) in [7, 11) is 0. The second-order valence-corrected chi connectivity index (χ2v) is 6.13. The predicted molar refractivity (Wildman–Crippen MR) is 87.1 cm³/mol. The fraction of sp³-hybridized carbons (Fsp3) is 0.357. The Morgan fingerprint density at radius 1 is 1.38 bits per heavy atom. The molecule has 0 aromatic carbocycles. The van der Waals surface area contributed by atoms with Crippen LogP contribution in [0.25, 0.3) is 10.2 Å². The van der Waals surface area contributed by atoms with Crippen LogP contribution in [0.1, 0.15) is 18.2 Å². The van der Waals surface area contributed by atoms with Gasteiger partial charge in [-0.15, -0.1) is 11.3 Å². The largest absolute Gasteiger partial charge is 0.369 e. The maximum absolute atomic E-state index is 6.00. The van der Waals surface area contributed by atoms with E-state index in [0.717, 1.165) is 42.0 Å². The van der Waals surface area contributed by atoms with Crippen LogP contribution in [0, 0.1) is 0 Å². The second-order valence-electron chi connectivity index (χ2n) is 4.68. The van der Waals surface area contributed by atoms with Crippen LogP contribution in [0.3, 0.4) is 0 Å². The van der Waals surface area contributed by atoms with Crippen LogP contribution in [0.2, 0.25) is 5.28 Å². The van der Waals surface area contributed by atoms with Gasteiger partial charge in [0.2, 0.25) is 5.28 Å².